The van der Waals surface area contributed by atoms with Crippen molar-refractivity contribution in [3.05, 3.63) is 15.6 Å². The van der Waals surface area contributed by atoms with E-state index in [9.17, 15) is 9.59 Å². The normalized spacial score (nSPS) is 18.9. The second kappa shape index (κ2) is 8.30. The Bertz CT molecular complexity index is 616. The molecule has 0 aromatic carbocycles. The topological polar surface area (TPSA) is 62.3 Å². The number of likely N-dealkylation sites (tertiary alicyclic amines) is 1. The van der Waals surface area contributed by atoms with Gasteiger partial charge >= 0.3 is 0 Å². The van der Waals surface area contributed by atoms with Gasteiger partial charge in [0.15, 0.2) is 0 Å². The van der Waals surface area contributed by atoms with E-state index >= 15 is 0 Å². The van der Waals surface area contributed by atoms with Crippen LogP contribution in [0.5, 0.6) is 0 Å². The molecule has 2 aliphatic rings. The molecule has 1 saturated carbocycles. The Kier molecular flexibility index (Phi) is 6.10. The van der Waals surface area contributed by atoms with Gasteiger partial charge in [-0.3, -0.25) is 9.59 Å². The van der Waals surface area contributed by atoms with Crippen molar-refractivity contribution in [2.24, 2.45) is 11.8 Å². The van der Waals surface area contributed by atoms with Crippen molar-refractivity contribution in [1.29, 1.82) is 0 Å². The van der Waals surface area contributed by atoms with Crippen molar-refractivity contribution in [3.63, 3.8) is 0 Å². The number of hydrogen-bond acceptors (Lipinski definition) is 4. The monoisotopic (exact) mass is 363 g/mol. The van der Waals surface area contributed by atoms with Crippen molar-refractivity contribution in [2.75, 3.05) is 13.1 Å². The van der Waals surface area contributed by atoms with Crippen molar-refractivity contribution >= 4 is 23.2 Å². The van der Waals surface area contributed by atoms with Gasteiger partial charge in [0, 0.05) is 29.8 Å². The third-order valence-electron chi connectivity index (χ3n) is 5.46. The smallest absolute Gasteiger partial charge is 0.225 e. The third kappa shape index (κ3) is 4.40. The summed E-state index contributed by atoms with van der Waals surface area (Å²) in [6, 6.07) is 0. The summed E-state index contributed by atoms with van der Waals surface area (Å²) < 4.78 is 0. The van der Waals surface area contributed by atoms with E-state index in [-0.39, 0.29) is 17.7 Å². The number of thiazole rings is 1. The first kappa shape index (κ1) is 18.4. The average molecular weight is 364 g/mol. The van der Waals surface area contributed by atoms with Gasteiger partial charge in [0.1, 0.15) is 0 Å². The van der Waals surface area contributed by atoms with Crippen LogP contribution in [0, 0.1) is 18.8 Å². The Morgan fingerprint density at radius 2 is 1.92 bits per heavy atom. The van der Waals surface area contributed by atoms with E-state index in [1.165, 1.54) is 6.42 Å². The van der Waals surface area contributed by atoms with Crippen molar-refractivity contribution in [2.45, 2.75) is 65.3 Å². The zero-order valence-corrected chi connectivity index (χ0v) is 16.2. The molecule has 3 rings (SSSR count). The summed E-state index contributed by atoms with van der Waals surface area (Å²) in [6.45, 7) is 6.20. The Hall–Kier alpha value is -1.43. The molecule has 138 valence electrons. The number of nitrogens with one attached hydrogen (secondary N) is 1. The predicted molar refractivity (Wildman–Crippen MR) is 99.3 cm³/mol. The molecule has 1 aromatic heterocycles. The summed E-state index contributed by atoms with van der Waals surface area (Å²) in [5.74, 6) is 0.736. The molecule has 2 fully saturated rings. The standard InChI is InChI=1S/C19H29N3O2S/c1-3-5-17-21-13(2)16(25-17)12-20-18(23)14-8-10-22(11-9-14)19(24)15-6-4-7-15/h14-15H,3-12H2,1-2H3,(H,20,23). The summed E-state index contributed by atoms with van der Waals surface area (Å²) in [6.07, 6.45) is 6.96. The van der Waals surface area contributed by atoms with Crippen molar-refractivity contribution < 1.29 is 9.59 Å². The third-order valence-corrected chi connectivity index (χ3v) is 6.67. The largest absolute Gasteiger partial charge is 0.351 e. The Morgan fingerprint density at radius 3 is 2.52 bits per heavy atom. The van der Waals surface area contributed by atoms with Crippen LogP contribution in [0.15, 0.2) is 0 Å². The number of amides is 2. The number of piperidine rings is 1. The van der Waals surface area contributed by atoms with E-state index in [1.54, 1.807) is 11.3 Å². The highest BCUT2D eigenvalue weighted by molar-refractivity contribution is 7.11. The molecule has 0 bridgehead atoms. The van der Waals surface area contributed by atoms with E-state index in [0.29, 0.717) is 12.5 Å². The molecule has 2 amide bonds. The van der Waals surface area contributed by atoms with Crippen LogP contribution in [0.2, 0.25) is 0 Å². The number of nitrogens with zero attached hydrogens (tertiary/aromatic N) is 2. The zero-order valence-electron chi connectivity index (χ0n) is 15.3. The van der Waals surface area contributed by atoms with E-state index in [2.05, 4.69) is 17.2 Å². The SMILES string of the molecule is CCCc1nc(C)c(CNC(=O)C2CCN(C(=O)C3CCC3)CC2)s1. The lowest BCUT2D eigenvalue weighted by Gasteiger charge is -2.36. The second-order valence-corrected chi connectivity index (χ2v) is 8.48. The van der Waals surface area contributed by atoms with Gasteiger partial charge in [-0.25, -0.2) is 4.98 Å². The van der Waals surface area contributed by atoms with Gasteiger partial charge in [-0.1, -0.05) is 13.3 Å². The molecule has 1 aliphatic carbocycles. The van der Waals surface area contributed by atoms with E-state index in [1.807, 2.05) is 11.8 Å². The van der Waals surface area contributed by atoms with E-state index in [4.69, 9.17) is 0 Å². The molecule has 25 heavy (non-hydrogen) atoms. The van der Waals surface area contributed by atoms with E-state index < -0.39 is 0 Å². The Morgan fingerprint density at radius 1 is 1.20 bits per heavy atom. The molecule has 0 atom stereocenters. The molecular formula is C19H29N3O2S. The fraction of sp³-hybridized carbons (Fsp3) is 0.737. The maximum atomic E-state index is 12.5. The highest BCUT2D eigenvalue weighted by atomic mass is 32.1. The molecule has 5 nitrogen and oxygen atoms in total. The lowest BCUT2D eigenvalue weighted by molar-refractivity contribution is -0.141. The van der Waals surface area contributed by atoms with Gasteiger partial charge in [-0.15, -0.1) is 11.3 Å². The van der Waals surface area contributed by atoms with Crippen LogP contribution in [-0.2, 0) is 22.6 Å². The number of carbonyl (C=O) groups is 2. The van der Waals surface area contributed by atoms with Crippen LogP contribution in [0.4, 0.5) is 0 Å². The summed E-state index contributed by atoms with van der Waals surface area (Å²) in [5, 5.41) is 4.24. The van der Waals surface area contributed by atoms with Crippen LogP contribution in [0.25, 0.3) is 0 Å². The van der Waals surface area contributed by atoms with Crippen LogP contribution in [0.1, 0.15) is 61.0 Å². The molecule has 0 unspecified atom stereocenters. The highest BCUT2D eigenvalue weighted by Crippen LogP contribution is 2.30. The van der Waals surface area contributed by atoms with Gasteiger partial charge in [0.2, 0.25) is 11.8 Å². The van der Waals surface area contributed by atoms with Gasteiger partial charge in [-0.05, 0) is 45.4 Å². The van der Waals surface area contributed by atoms with Gasteiger partial charge < -0.3 is 10.2 Å². The molecule has 1 aliphatic heterocycles. The highest BCUT2D eigenvalue weighted by Gasteiger charge is 2.33. The van der Waals surface area contributed by atoms with Crippen LogP contribution >= 0.6 is 11.3 Å². The summed E-state index contributed by atoms with van der Waals surface area (Å²) in [4.78, 5) is 32.4. The van der Waals surface area contributed by atoms with Gasteiger partial charge in [0.05, 0.1) is 17.2 Å². The second-order valence-electron chi connectivity index (χ2n) is 7.31. The first-order valence-electron chi connectivity index (χ1n) is 9.60. The molecule has 1 saturated heterocycles. The van der Waals surface area contributed by atoms with Crippen LogP contribution in [0.3, 0.4) is 0 Å². The quantitative estimate of drug-likeness (QED) is 0.845. The lowest BCUT2D eigenvalue weighted by Crippen LogP contribution is -2.46. The minimum Gasteiger partial charge on any atom is -0.351 e. The fourth-order valence-corrected chi connectivity index (χ4v) is 4.67. The number of aryl methyl sites for hydroxylation is 2. The van der Waals surface area contributed by atoms with Gasteiger partial charge in [-0.2, -0.15) is 0 Å². The van der Waals surface area contributed by atoms with Gasteiger partial charge in [0.25, 0.3) is 0 Å². The number of aromatic nitrogens is 1. The van der Waals surface area contributed by atoms with E-state index in [0.717, 1.165) is 67.2 Å². The molecule has 1 N–H and O–H groups in total. The first-order valence-corrected chi connectivity index (χ1v) is 10.4. The molecule has 0 radical (unpaired) electrons. The zero-order chi connectivity index (χ0) is 17.8. The maximum absolute atomic E-state index is 12.5. The number of rotatable bonds is 6. The Balaban J connectivity index is 1.44. The van der Waals surface area contributed by atoms with Crippen molar-refractivity contribution in [3.8, 4) is 0 Å². The summed E-state index contributed by atoms with van der Waals surface area (Å²) >= 11 is 1.71. The molecular weight excluding hydrogens is 334 g/mol. The Labute approximate surface area is 154 Å². The fourth-order valence-electron chi connectivity index (χ4n) is 3.56. The average Bonchev–Trinajstić information content (AvgIpc) is 2.91. The lowest BCUT2D eigenvalue weighted by atomic mass is 9.83. The maximum Gasteiger partial charge on any atom is 0.225 e. The van der Waals surface area contributed by atoms with Crippen LogP contribution in [-0.4, -0.2) is 34.8 Å². The molecule has 6 heteroatoms. The predicted octanol–water partition coefficient (Wildman–Crippen LogP) is 3.06. The minimum absolute atomic E-state index is 0.0359. The van der Waals surface area contributed by atoms with Crippen LogP contribution < -0.4 is 5.32 Å². The summed E-state index contributed by atoms with van der Waals surface area (Å²) in [5.41, 5.74) is 1.04. The molecule has 1 aromatic rings. The molecule has 0 spiro atoms. The number of hydrogen-bond donors (Lipinski definition) is 1. The first-order chi connectivity index (χ1) is 12.1. The number of carbonyl (C=O) groups excluding carboxylic acids is 2. The molecule has 2 heterocycles. The minimum atomic E-state index is 0.0359. The summed E-state index contributed by atoms with van der Waals surface area (Å²) in [7, 11) is 0. The van der Waals surface area contributed by atoms with Crippen molar-refractivity contribution in [1.82, 2.24) is 15.2 Å².